The van der Waals surface area contributed by atoms with E-state index in [1.807, 2.05) is 37.4 Å². The number of hydrogen-bond acceptors (Lipinski definition) is 3. The van der Waals surface area contributed by atoms with Crippen LogP contribution in [0.2, 0.25) is 0 Å². The minimum Gasteiger partial charge on any atom is -0.496 e. The standard InChI is InChI=1S/C23H26FN3O2/c1-27(23(28)14-11-18-6-3-4-8-22(18)29-2)15-5-7-20-16-21(26-25-20)17-9-12-19(24)13-10-17/h3-4,6,8-10,12-13,16H,5,7,11,14-15H2,1-2H3,(H,25,26). The summed E-state index contributed by atoms with van der Waals surface area (Å²) in [5.74, 6) is 0.676. The predicted octanol–water partition coefficient (Wildman–Crippen LogP) is 4.25. The van der Waals surface area contributed by atoms with Gasteiger partial charge in [-0.1, -0.05) is 18.2 Å². The summed E-state index contributed by atoms with van der Waals surface area (Å²) in [6.07, 6.45) is 2.74. The number of aromatic amines is 1. The summed E-state index contributed by atoms with van der Waals surface area (Å²) < 4.78 is 18.4. The van der Waals surface area contributed by atoms with Crippen molar-refractivity contribution in [1.29, 1.82) is 0 Å². The average Bonchev–Trinajstić information content (AvgIpc) is 3.21. The zero-order chi connectivity index (χ0) is 20.6. The van der Waals surface area contributed by atoms with Gasteiger partial charge in [-0.2, -0.15) is 5.10 Å². The monoisotopic (exact) mass is 395 g/mol. The quantitative estimate of drug-likeness (QED) is 0.589. The Labute approximate surface area is 170 Å². The Morgan fingerprint density at radius 3 is 2.66 bits per heavy atom. The third-order valence-corrected chi connectivity index (χ3v) is 4.94. The molecule has 0 spiro atoms. The van der Waals surface area contributed by atoms with Crippen LogP contribution in [0.5, 0.6) is 5.75 Å². The summed E-state index contributed by atoms with van der Waals surface area (Å²) in [7, 11) is 3.48. The number of methoxy groups -OCH3 is 1. The molecule has 6 heteroatoms. The van der Waals surface area contributed by atoms with Crippen LogP contribution in [0.25, 0.3) is 11.3 Å². The number of nitrogens with one attached hydrogen (secondary N) is 1. The van der Waals surface area contributed by atoms with Gasteiger partial charge in [-0.3, -0.25) is 9.89 Å². The number of amides is 1. The Balaban J connectivity index is 1.44. The Kier molecular flexibility index (Phi) is 7.00. The maximum Gasteiger partial charge on any atom is 0.222 e. The van der Waals surface area contributed by atoms with E-state index in [4.69, 9.17) is 4.74 Å². The van der Waals surface area contributed by atoms with Gasteiger partial charge in [0.15, 0.2) is 0 Å². The van der Waals surface area contributed by atoms with Gasteiger partial charge in [0.25, 0.3) is 0 Å². The van der Waals surface area contributed by atoms with E-state index in [0.29, 0.717) is 19.4 Å². The molecule has 0 radical (unpaired) electrons. The van der Waals surface area contributed by atoms with Crippen molar-refractivity contribution in [3.63, 3.8) is 0 Å². The minimum absolute atomic E-state index is 0.118. The van der Waals surface area contributed by atoms with Crippen LogP contribution < -0.4 is 4.74 Å². The molecule has 0 aliphatic rings. The summed E-state index contributed by atoms with van der Waals surface area (Å²) in [4.78, 5) is 14.2. The highest BCUT2D eigenvalue weighted by Gasteiger charge is 2.11. The second-order valence-corrected chi connectivity index (χ2v) is 7.02. The van der Waals surface area contributed by atoms with E-state index >= 15 is 0 Å². The highest BCUT2D eigenvalue weighted by molar-refractivity contribution is 5.76. The summed E-state index contributed by atoms with van der Waals surface area (Å²) in [6.45, 7) is 0.676. The van der Waals surface area contributed by atoms with Gasteiger partial charge in [0.05, 0.1) is 12.8 Å². The van der Waals surface area contributed by atoms with Crippen LogP contribution >= 0.6 is 0 Å². The molecular weight excluding hydrogens is 369 g/mol. The number of hydrogen-bond donors (Lipinski definition) is 1. The third kappa shape index (κ3) is 5.67. The van der Waals surface area contributed by atoms with Gasteiger partial charge in [-0.05, 0) is 61.2 Å². The number of benzene rings is 2. The third-order valence-electron chi connectivity index (χ3n) is 4.94. The molecule has 1 heterocycles. The summed E-state index contributed by atoms with van der Waals surface area (Å²) >= 11 is 0. The largest absolute Gasteiger partial charge is 0.496 e. The van der Waals surface area contributed by atoms with E-state index in [0.717, 1.165) is 41.1 Å². The Hall–Kier alpha value is -3.15. The van der Waals surface area contributed by atoms with Crippen LogP contribution in [0, 0.1) is 5.82 Å². The van der Waals surface area contributed by atoms with E-state index in [9.17, 15) is 9.18 Å². The van der Waals surface area contributed by atoms with E-state index in [-0.39, 0.29) is 11.7 Å². The zero-order valence-electron chi connectivity index (χ0n) is 16.8. The molecule has 1 aromatic heterocycles. The van der Waals surface area contributed by atoms with Crippen LogP contribution in [-0.4, -0.2) is 41.7 Å². The Morgan fingerprint density at radius 1 is 1.14 bits per heavy atom. The molecule has 0 saturated heterocycles. The number of aromatic nitrogens is 2. The topological polar surface area (TPSA) is 58.2 Å². The van der Waals surface area contributed by atoms with E-state index in [1.165, 1.54) is 12.1 Å². The molecule has 1 N–H and O–H groups in total. The van der Waals surface area contributed by atoms with Crippen LogP contribution in [0.15, 0.2) is 54.6 Å². The number of halogens is 1. The predicted molar refractivity (Wildman–Crippen MR) is 111 cm³/mol. The van der Waals surface area contributed by atoms with Gasteiger partial charge in [0, 0.05) is 31.3 Å². The minimum atomic E-state index is -0.261. The van der Waals surface area contributed by atoms with Gasteiger partial charge >= 0.3 is 0 Å². The number of carbonyl (C=O) groups excluding carboxylic acids is 1. The number of ether oxygens (including phenoxy) is 1. The second-order valence-electron chi connectivity index (χ2n) is 7.02. The fourth-order valence-electron chi connectivity index (χ4n) is 3.23. The first-order valence-electron chi connectivity index (χ1n) is 9.73. The lowest BCUT2D eigenvalue weighted by Crippen LogP contribution is -2.28. The molecule has 0 saturated carbocycles. The van der Waals surface area contributed by atoms with Gasteiger partial charge in [0.2, 0.25) is 5.91 Å². The molecule has 3 rings (SSSR count). The van der Waals surface area contributed by atoms with Gasteiger partial charge in [0.1, 0.15) is 11.6 Å². The first kappa shape index (κ1) is 20.6. The number of nitrogens with zero attached hydrogens (tertiary/aromatic N) is 2. The van der Waals surface area contributed by atoms with E-state index in [2.05, 4.69) is 10.2 Å². The van der Waals surface area contributed by atoms with Crippen LogP contribution in [0.3, 0.4) is 0 Å². The van der Waals surface area contributed by atoms with Crippen LogP contribution in [0.1, 0.15) is 24.1 Å². The molecule has 0 unspecified atom stereocenters. The molecule has 0 bridgehead atoms. The van der Waals surface area contributed by atoms with Crippen molar-refractivity contribution in [1.82, 2.24) is 15.1 Å². The maximum atomic E-state index is 13.0. The molecule has 0 aliphatic heterocycles. The maximum absolute atomic E-state index is 13.0. The lowest BCUT2D eigenvalue weighted by atomic mass is 10.1. The number of H-pyrrole nitrogens is 1. The van der Waals surface area contributed by atoms with Crippen molar-refractivity contribution >= 4 is 5.91 Å². The molecule has 5 nitrogen and oxygen atoms in total. The fourth-order valence-corrected chi connectivity index (χ4v) is 3.23. The van der Waals surface area contributed by atoms with E-state index < -0.39 is 0 Å². The summed E-state index contributed by atoms with van der Waals surface area (Å²) in [6, 6.07) is 16.0. The van der Waals surface area contributed by atoms with Crippen LogP contribution in [-0.2, 0) is 17.6 Å². The number of aryl methyl sites for hydroxylation is 2. The summed E-state index contributed by atoms with van der Waals surface area (Å²) in [5, 5.41) is 7.31. The lowest BCUT2D eigenvalue weighted by Gasteiger charge is -2.17. The van der Waals surface area contributed by atoms with E-state index in [1.54, 1.807) is 24.1 Å². The normalized spacial score (nSPS) is 10.7. The number of rotatable bonds is 9. The highest BCUT2D eigenvalue weighted by atomic mass is 19.1. The molecule has 152 valence electrons. The molecule has 3 aromatic rings. The fraction of sp³-hybridized carbons (Fsp3) is 0.304. The van der Waals surface area contributed by atoms with Gasteiger partial charge in [-0.25, -0.2) is 4.39 Å². The molecule has 2 aromatic carbocycles. The van der Waals surface area contributed by atoms with Gasteiger partial charge < -0.3 is 9.64 Å². The molecule has 29 heavy (non-hydrogen) atoms. The van der Waals surface area contributed by atoms with Crippen molar-refractivity contribution in [3.05, 3.63) is 71.7 Å². The smallest absolute Gasteiger partial charge is 0.222 e. The number of para-hydroxylation sites is 1. The SMILES string of the molecule is COc1ccccc1CCC(=O)N(C)CCCc1cc(-c2ccc(F)cc2)n[nH]1. The van der Waals surface area contributed by atoms with Crippen molar-refractivity contribution in [2.75, 3.05) is 20.7 Å². The van der Waals surface area contributed by atoms with Crippen LogP contribution in [0.4, 0.5) is 4.39 Å². The highest BCUT2D eigenvalue weighted by Crippen LogP contribution is 2.20. The lowest BCUT2D eigenvalue weighted by molar-refractivity contribution is -0.129. The van der Waals surface area contributed by atoms with Crippen molar-refractivity contribution < 1.29 is 13.9 Å². The molecule has 0 fully saturated rings. The van der Waals surface area contributed by atoms with Gasteiger partial charge in [-0.15, -0.1) is 0 Å². The first-order chi connectivity index (χ1) is 14.1. The molecular formula is C23H26FN3O2. The van der Waals surface area contributed by atoms with Crippen molar-refractivity contribution in [2.24, 2.45) is 0 Å². The van der Waals surface area contributed by atoms with Crippen molar-refractivity contribution in [2.45, 2.75) is 25.7 Å². The Bertz CT molecular complexity index is 937. The molecule has 0 aliphatic carbocycles. The number of carbonyl (C=O) groups is 1. The zero-order valence-corrected chi connectivity index (χ0v) is 16.8. The molecule has 0 atom stereocenters. The van der Waals surface area contributed by atoms with Crippen molar-refractivity contribution in [3.8, 4) is 17.0 Å². The first-order valence-corrected chi connectivity index (χ1v) is 9.73. The average molecular weight is 395 g/mol. The molecule has 1 amide bonds. The Morgan fingerprint density at radius 2 is 1.90 bits per heavy atom. The second kappa shape index (κ2) is 9.87. The summed E-state index contributed by atoms with van der Waals surface area (Å²) in [5.41, 5.74) is 3.71.